The molecule has 1 aliphatic rings. The van der Waals surface area contributed by atoms with Crippen LogP contribution in [0, 0.1) is 5.82 Å². The molecule has 0 bridgehead atoms. The smallest absolute Gasteiger partial charge is 0.251 e. The van der Waals surface area contributed by atoms with Crippen LogP contribution in [0.3, 0.4) is 0 Å². The molecule has 0 spiro atoms. The summed E-state index contributed by atoms with van der Waals surface area (Å²) in [5, 5.41) is 15.1. The molecule has 1 fully saturated rings. The van der Waals surface area contributed by atoms with Crippen molar-refractivity contribution in [3.8, 4) is 11.5 Å². The molecule has 214 valence electrons. The monoisotopic (exact) mass is 577 g/mol. The summed E-state index contributed by atoms with van der Waals surface area (Å²) in [6.45, 7) is 2.60. The Balaban J connectivity index is 1.49. The summed E-state index contributed by atoms with van der Waals surface area (Å²) in [6, 6.07) is 20.2. The Morgan fingerprint density at radius 1 is 1.12 bits per heavy atom. The van der Waals surface area contributed by atoms with Crippen molar-refractivity contribution >= 4 is 21.6 Å². The number of anilines is 1. The number of nitrogens with one attached hydrogen (secondary N) is 2. The number of carbonyl (C=O) groups is 1. The zero-order valence-corrected chi connectivity index (χ0v) is 23.9. The minimum atomic E-state index is -3.63. The zero-order chi connectivity index (χ0) is 29.2. The summed E-state index contributed by atoms with van der Waals surface area (Å²) in [6.07, 6.45) is 3.52. The lowest BCUT2D eigenvalue weighted by molar-refractivity contribution is 0.0940. The lowest BCUT2D eigenvalue weighted by Crippen LogP contribution is -2.39. The van der Waals surface area contributed by atoms with Crippen LogP contribution < -0.4 is 14.9 Å². The first-order valence-electron chi connectivity index (χ1n) is 13.3. The molecule has 11 heteroatoms. The predicted octanol–water partition coefficient (Wildman–Crippen LogP) is 4.58. The van der Waals surface area contributed by atoms with Crippen molar-refractivity contribution in [3.63, 3.8) is 0 Å². The van der Waals surface area contributed by atoms with Crippen molar-refractivity contribution < 1.29 is 22.0 Å². The first-order valence-corrected chi connectivity index (χ1v) is 15.2. The molecule has 1 saturated heterocycles. The van der Waals surface area contributed by atoms with Gasteiger partial charge in [0.25, 0.3) is 5.91 Å². The number of carbonyl (C=O) groups excluding carboxylic acids is 1. The van der Waals surface area contributed by atoms with Crippen LogP contribution in [0.1, 0.15) is 53.2 Å². The number of sulfonamides is 1. The summed E-state index contributed by atoms with van der Waals surface area (Å²) >= 11 is 0. The maximum absolute atomic E-state index is 13.4. The molecule has 4 aromatic rings. The van der Waals surface area contributed by atoms with Gasteiger partial charge in [-0.25, -0.2) is 12.8 Å². The second-order valence-corrected chi connectivity index (χ2v) is 12.4. The van der Waals surface area contributed by atoms with Crippen molar-refractivity contribution in [2.24, 2.45) is 0 Å². The first kappa shape index (κ1) is 28.4. The van der Waals surface area contributed by atoms with Crippen LogP contribution in [0.5, 0.6) is 0 Å². The van der Waals surface area contributed by atoms with Gasteiger partial charge in [-0.1, -0.05) is 42.5 Å². The van der Waals surface area contributed by atoms with E-state index in [0.717, 1.165) is 41.1 Å². The Kier molecular flexibility index (Phi) is 7.92. The summed E-state index contributed by atoms with van der Waals surface area (Å²) in [5.41, 5.74) is 2.20. The van der Waals surface area contributed by atoms with Crippen LogP contribution in [-0.2, 0) is 22.0 Å². The molecule has 0 aliphatic carbocycles. The number of nitrogens with zero attached hydrogens (tertiary/aromatic N) is 3. The fourth-order valence-corrected chi connectivity index (χ4v) is 5.54. The van der Waals surface area contributed by atoms with E-state index in [1.165, 1.54) is 25.2 Å². The van der Waals surface area contributed by atoms with Gasteiger partial charge in [0.05, 0.1) is 18.0 Å². The highest BCUT2D eigenvalue weighted by atomic mass is 32.2. The maximum atomic E-state index is 13.4. The van der Waals surface area contributed by atoms with Gasteiger partial charge >= 0.3 is 0 Å². The number of halogens is 1. The Morgan fingerprint density at radius 3 is 2.51 bits per heavy atom. The van der Waals surface area contributed by atoms with Crippen molar-refractivity contribution in [3.05, 3.63) is 101 Å². The van der Waals surface area contributed by atoms with Crippen LogP contribution in [0.15, 0.2) is 77.2 Å². The summed E-state index contributed by atoms with van der Waals surface area (Å²) < 4.78 is 45.4. The van der Waals surface area contributed by atoms with Gasteiger partial charge in [-0.15, -0.1) is 10.2 Å². The largest absolute Gasteiger partial charge is 0.419 e. The summed E-state index contributed by atoms with van der Waals surface area (Å²) in [5.74, 6) is -0.201. The highest BCUT2D eigenvalue weighted by molar-refractivity contribution is 7.92. The van der Waals surface area contributed by atoms with E-state index < -0.39 is 27.5 Å². The molecule has 1 amide bonds. The molecule has 2 N–H and O–H groups in total. The quantitative estimate of drug-likeness (QED) is 0.299. The molecule has 3 aromatic carbocycles. The SMILES string of the molecule is C[C@@H](NC(=O)c1cc(-c2nnc(C3(Cc4ccccc4)CCCN3)o2)cc(N(C)S(C)(=O)=O)c1)c1ccc(F)cc1. The van der Waals surface area contributed by atoms with E-state index in [1.807, 2.05) is 18.2 Å². The molecular formula is C30H32FN5O4S. The molecule has 5 rings (SSSR count). The van der Waals surface area contributed by atoms with E-state index in [1.54, 1.807) is 31.2 Å². The fraction of sp³-hybridized carbons (Fsp3) is 0.300. The number of benzene rings is 3. The number of aromatic nitrogens is 2. The molecule has 2 heterocycles. The number of hydrogen-bond donors (Lipinski definition) is 2. The molecule has 2 atom stereocenters. The molecule has 41 heavy (non-hydrogen) atoms. The van der Waals surface area contributed by atoms with E-state index in [9.17, 15) is 17.6 Å². The van der Waals surface area contributed by atoms with Gasteiger partial charge in [-0.05, 0) is 74.2 Å². The lowest BCUT2D eigenvalue weighted by atomic mass is 9.89. The number of rotatable bonds is 9. The molecular weight excluding hydrogens is 545 g/mol. The highest BCUT2D eigenvalue weighted by Gasteiger charge is 2.40. The number of amides is 1. The summed E-state index contributed by atoms with van der Waals surface area (Å²) in [7, 11) is -2.22. The van der Waals surface area contributed by atoms with Crippen molar-refractivity contribution in [1.29, 1.82) is 0 Å². The van der Waals surface area contributed by atoms with Gasteiger partial charge in [0.2, 0.25) is 21.8 Å². The van der Waals surface area contributed by atoms with Crippen LogP contribution in [0.2, 0.25) is 0 Å². The Hall–Kier alpha value is -4.09. The maximum Gasteiger partial charge on any atom is 0.251 e. The van der Waals surface area contributed by atoms with Crippen LogP contribution >= 0.6 is 0 Å². The molecule has 1 aliphatic heterocycles. The third-order valence-corrected chi connectivity index (χ3v) is 8.64. The van der Waals surface area contributed by atoms with Gasteiger partial charge in [0, 0.05) is 18.2 Å². The van der Waals surface area contributed by atoms with E-state index in [4.69, 9.17) is 4.42 Å². The minimum absolute atomic E-state index is 0.172. The average molecular weight is 578 g/mol. The van der Waals surface area contributed by atoms with E-state index in [2.05, 4.69) is 33.0 Å². The Bertz CT molecular complexity index is 1640. The molecule has 0 radical (unpaired) electrons. The molecule has 9 nitrogen and oxygen atoms in total. The molecule has 1 unspecified atom stereocenters. The Morgan fingerprint density at radius 2 is 1.85 bits per heavy atom. The minimum Gasteiger partial charge on any atom is -0.419 e. The first-order chi connectivity index (χ1) is 19.5. The van der Waals surface area contributed by atoms with Crippen LogP contribution in [0.4, 0.5) is 10.1 Å². The van der Waals surface area contributed by atoms with Gasteiger partial charge in [0.15, 0.2) is 0 Å². The van der Waals surface area contributed by atoms with Crippen molar-refractivity contribution in [1.82, 2.24) is 20.8 Å². The predicted molar refractivity (Wildman–Crippen MR) is 154 cm³/mol. The van der Waals surface area contributed by atoms with Crippen LogP contribution in [0.25, 0.3) is 11.5 Å². The van der Waals surface area contributed by atoms with E-state index in [-0.39, 0.29) is 23.0 Å². The summed E-state index contributed by atoms with van der Waals surface area (Å²) in [4.78, 5) is 13.3. The average Bonchev–Trinajstić information content (AvgIpc) is 3.64. The normalized spacial score (nSPS) is 17.8. The second kappa shape index (κ2) is 11.4. The van der Waals surface area contributed by atoms with Gasteiger partial charge in [0.1, 0.15) is 11.4 Å². The van der Waals surface area contributed by atoms with Crippen molar-refractivity contribution in [2.45, 2.75) is 37.8 Å². The second-order valence-electron chi connectivity index (χ2n) is 10.4. The zero-order valence-electron chi connectivity index (χ0n) is 23.1. The Labute approximate surface area is 238 Å². The van der Waals surface area contributed by atoms with Crippen molar-refractivity contribution in [2.75, 3.05) is 24.2 Å². The van der Waals surface area contributed by atoms with Gasteiger partial charge < -0.3 is 15.1 Å². The van der Waals surface area contributed by atoms with Gasteiger partial charge in [-0.2, -0.15) is 0 Å². The fourth-order valence-electron chi connectivity index (χ4n) is 5.05. The standard InChI is InChI=1S/C30H32FN5O4S/c1-20(22-10-12-25(31)13-11-22)33-27(37)23-16-24(18-26(17-23)36(2)41(3,38)39)28-34-35-29(40-28)30(14-7-15-32-30)19-21-8-5-4-6-9-21/h4-6,8-13,16-18,20,32H,7,14-15,19H2,1-3H3,(H,33,37)/t20-,30?/m1/s1. The van der Waals surface area contributed by atoms with Crippen LogP contribution in [-0.4, -0.2) is 44.4 Å². The third-order valence-electron chi connectivity index (χ3n) is 7.43. The lowest BCUT2D eigenvalue weighted by Gasteiger charge is -2.25. The topological polar surface area (TPSA) is 117 Å². The number of hydrogen-bond acceptors (Lipinski definition) is 7. The third kappa shape index (κ3) is 6.31. The molecule has 0 saturated carbocycles. The molecule has 1 aromatic heterocycles. The highest BCUT2D eigenvalue weighted by Crippen LogP contribution is 2.36. The van der Waals surface area contributed by atoms with E-state index in [0.29, 0.717) is 17.9 Å². The van der Waals surface area contributed by atoms with E-state index >= 15 is 0 Å². The van der Waals surface area contributed by atoms with Gasteiger partial charge in [-0.3, -0.25) is 9.10 Å².